The average Bonchev–Trinajstić information content (AvgIpc) is 2.41. The molecule has 1 unspecified atom stereocenters. The van der Waals surface area contributed by atoms with E-state index in [0.29, 0.717) is 5.57 Å². The van der Waals surface area contributed by atoms with Crippen LogP contribution in [0.4, 0.5) is 4.39 Å². The van der Waals surface area contributed by atoms with Crippen LogP contribution in [0.1, 0.15) is 17.3 Å². The number of hydrogen-bond acceptors (Lipinski definition) is 4. The Kier molecular flexibility index (Phi) is 4.29. The molecule has 1 aliphatic carbocycles. The number of allylic oxidation sites excluding steroid dienone is 4. The fraction of sp³-hybridized carbons (Fsp3) is 0.143. The maximum atomic E-state index is 13.3. The number of carbonyl (C=O) groups excluding carboxylic acids is 1. The third-order valence-electron chi connectivity index (χ3n) is 3.08. The number of hydrogen-bond donors (Lipinski definition) is 1. The van der Waals surface area contributed by atoms with Crippen molar-refractivity contribution < 1.29 is 22.7 Å². The summed E-state index contributed by atoms with van der Waals surface area (Å²) in [6.45, 7) is 1.55. The molecule has 4 nitrogen and oxygen atoms in total. The first-order valence-electron chi connectivity index (χ1n) is 5.85. The molecule has 0 spiro atoms. The second-order valence-electron chi connectivity index (χ2n) is 4.40. The molecular formula is C14H10ClFO4S. The van der Waals surface area contributed by atoms with Crippen LogP contribution in [0.25, 0.3) is 0 Å². The molecule has 0 radical (unpaired) electrons. The molecule has 0 fully saturated rings. The molecule has 7 heteroatoms. The minimum absolute atomic E-state index is 0.0395. The van der Waals surface area contributed by atoms with E-state index in [4.69, 9.17) is 11.6 Å². The minimum Gasteiger partial charge on any atom is -0.504 e. The van der Waals surface area contributed by atoms with Crippen LogP contribution in [0.5, 0.6) is 5.75 Å². The van der Waals surface area contributed by atoms with Crippen LogP contribution in [0.3, 0.4) is 0 Å². The van der Waals surface area contributed by atoms with Gasteiger partial charge in [-0.2, -0.15) is 8.42 Å². The van der Waals surface area contributed by atoms with Gasteiger partial charge in [0.1, 0.15) is 5.38 Å². The van der Waals surface area contributed by atoms with Crippen molar-refractivity contribution in [3.63, 3.8) is 0 Å². The van der Waals surface area contributed by atoms with Crippen molar-refractivity contribution in [3.8, 4) is 5.75 Å². The quantitative estimate of drug-likeness (QED) is 0.513. The van der Waals surface area contributed by atoms with E-state index >= 15 is 0 Å². The first-order valence-corrected chi connectivity index (χ1v) is 7.37. The van der Waals surface area contributed by atoms with Crippen LogP contribution in [-0.4, -0.2) is 29.5 Å². The van der Waals surface area contributed by atoms with E-state index in [2.05, 4.69) is 0 Å². The Bertz CT molecular complexity index is 813. The molecule has 0 saturated carbocycles. The standard InChI is InChI=1S/C14H10ClFO4S/c1-7-5-6-8(11(15)14(7)21(19)20)12(17)9-3-2-4-10(16)13(9)18/h2-6,11,18H,1H3. The highest BCUT2D eigenvalue weighted by molar-refractivity contribution is 7.73. The summed E-state index contributed by atoms with van der Waals surface area (Å²) >= 11 is 6.04. The van der Waals surface area contributed by atoms with Gasteiger partial charge in [-0.3, -0.25) is 4.79 Å². The van der Waals surface area contributed by atoms with E-state index in [1.807, 2.05) is 0 Å². The zero-order valence-corrected chi connectivity index (χ0v) is 12.4. The molecule has 1 atom stereocenters. The Balaban J connectivity index is 2.55. The van der Waals surface area contributed by atoms with E-state index in [1.54, 1.807) is 6.92 Å². The summed E-state index contributed by atoms with van der Waals surface area (Å²) in [5.74, 6) is -2.45. The molecule has 1 aliphatic rings. The van der Waals surface area contributed by atoms with Gasteiger partial charge in [0.25, 0.3) is 0 Å². The number of rotatable bonds is 2. The molecule has 1 N–H and O–H groups in total. The number of phenolic OH excluding ortho intramolecular Hbond substituents is 1. The molecule has 110 valence electrons. The largest absolute Gasteiger partial charge is 0.504 e. The summed E-state index contributed by atoms with van der Waals surface area (Å²) in [5, 5.41) is 8.42. The fourth-order valence-corrected chi connectivity index (χ4v) is 3.17. The lowest BCUT2D eigenvalue weighted by molar-refractivity contribution is 0.103. The fourth-order valence-electron chi connectivity index (χ4n) is 1.98. The first-order chi connectivity index (χ1) is 9.84. The van der Waals surface area contributed by atoms with Crippen molar-refractivity contribution in [1.29, 1.82) is 0 Å². The number of phenols is 1. The van der Waals surface area contributed by atoms with Crippen molar-refractivity contribution in [3.05, 3.63) is 52.9 Å². The van der Waals surface area contributed by atoms with Crippen molar-refractivity contribution in [2.24, 2.45) is 0 Å². The zero-order chi connectivity index (χ0) is 15.7. The van der Waals surface area contributed by atoms with Crippen LogP contribution in [0.15, 0.2) is 41.5 Å². The smallest absolute Gasteiger partial charge is 0.219 e. The Hall–Kier alpha value is -1.92. The SMILES string of the molecule is CC1=CC=C(C(=O)c2cccc(F)c2O)C(Cl)C1=S(=O)=O. The summed E-state index contributed by atoms with van der Waals surface area (Å²) < 4.78 is 35.7. The lowest BCUT2D eigenvalue weighted by Gasteiger charge is -2.18. The Labute approximate surface area is 126 Å². The molecule has 1 aromatic carbocycles. The second-order valence-corrected chi connectivity index (χ2v) is 5.74. The van der Waals surface area contributed by atoms with Crippen molar-refractivity contribution >= 4 is 32.5 Å². The van der Waals surface area contributed by atoms with Gasteiger partial charge in [-0.1, -0.05) is 18.2 Å². The van der Waals surface area contributed by atoms with Crippen molar-refractivity contribution in [2.45, 2.75) is 12.3 Å². The topological polar surface area (TPSA) is 71.4 Å². The lowest BCUT2D eigenvalue weighted by Crippen LogP contribution is -2.26. The molecule has 0 amide bonds. The highest BCUT2D eigenvalue weighted by Crippen LogP contribution is 2.29. The van der Waals surface area contributed by atoms with Gasteiger partial charge in [-0.05, 0) is 24.6 Å². The molecule has 2 rings (SSSR count). The third kappa shape index (κ3) is 2.77. The summed E-state index contributed by atoms with van der Waals surface area (Å²) in [7, 11) is -2.58. The summed E-state index contributed by atoms with van der Waals surface area (Å²) in [4.78, 5) is 12.2. The molecule has 1 aromatic rings. The minimum atomic E-state index is -2.58. The number of Topliss-reactive ketones (excluding diaryl/α,β-unsaturated/α-hetero) is 1. The molecule has 0 saturated heterocycles. The van der Waals surface area contributed by atoms with Gasteiger partial charge in [0.15, 0.2) is 17.3 Å². The molecular weight excluding hydrogens is 319 g/mol. The number of ketones is 1. The molecule has 0 aliphatic heterocycles. The van der Waals surface area contributed by atoms with Gasteiger partial charge in [-0.15, -0.1) is 11.6 Å². The molecule has 0 aromatic heterocycles. The summed E-state index contributed by atoms with van der Waals surface area (Å²) in [6.07, 6.45) is 2.81. The van der Waals surface area contributed by atoms with Crippen LogP contribution >= 0.6 is 11.6 Å². The first kappa shape index (κ1) is 15.5. The summed E-state index contributed by atoms with van der Waals surface area (Å²) in [6, 6.07) is 3.52. The van der Waals surface area contributed by atoms with Gasteiger partial charge >= 0.3 is 0 Å². The number of alkyl halides is 1. The van der Waals surface area contributed by atoms with Crippen LogP contribution < -0.4 is 0 Å². The monoisotopic (exact) mass is 328 g/mol. The van der Waals surface area contributed by atoms with Crippen LogP contribution in [-0.2, 0) is 10.3 Å². The number of carbonyl (C=O) groups is 1. The van der Waals surface area contributed by atoms with E-state index in [9.17, 15) is 22.7 Å². The van der Waals surface area contributed by atoms with Crippen molar-refractivity contribution in [1.82, 2.24) is 0 Å². The third-order valence-corrected chi connectivity index (χ3v) is 4.58. The molecule has 0 heterocycles. The Morgan fingerprint density at radius 3 is 2.62 bits per heavy atom. The maximum absolute atomic E-state index is 13.3. The van der Waals surface area contributed by atoms with Crippen molar-refractivity contribution in [2.75, 3.05) is 0 Å². The summed E-state index contributed by atoms with van der Waals surface area (Å²) in [5.41, 5.74) is 0.113. The number of benzene rings is 1. The van der Waals surface area contributed by atoms with Crippen LogP contribution in [0, 0.1) is 5.82 Å². The predicted molar refractivity (Wildman–Crippen MR) is 77.8 cm³/mol. The predicted octanol–water partition coefficient (Wildman–Crippen LogP) is 2.26. The number of aromatic hydroxyl groups is 1. The Morgan fingerprint density at radius 2 is 2.00 bits per heavy atom. The second kappa shape index (κ2) is 5.83. The van der Waals surface area contributed by atoms with E-state index in [-0.39, 0.29) is 16.0 Å². The van der Waals surface area contributed by atoms with Gasteiger partial charge < -0.3 is 5.11 Å². The number of para-hydroxylation sites is 1. The highest BCUT2D eigenvalue weighted by Gasteiger charge is 2.30. The van der Waals surface area contributed by atoms with Gasteiger partial charge in [-0.25, -0.2) is 4.39 Å². The zero-order valence-electron chi connectivity index (χ0n) is 10.8. The average molecular weight is 329 g/mol. The number of halogens is 2. The molecule has 0 bridgehead atoms. The normalized spacial score (nSPS) is 18.0. The maximum Gasteiger partial charge on any atom is 0.219 e. The van der Waals surface area contributed by atoms with E-state index in [1.165, 1.54) is 24.3 Å². The van der Waals surface area contributed by atoms with E-state index < -0.39 is 33.0 Å². The molecule has 21 heavy (non-hydrogen) atoms. The van der Waals surface area contributed by atoms with Gasteiger partial charge in [0.2, 0.25) is 10.3 Å². The highest BCUT2D eigenvalue weighted by atomic mass is 35.5. The Morgan fingerprint density at radius 1 is 1.33 bits per heavy atom. The lowest BCUT2D eigenvalue weighted by atomic mass is 9.92. The van der Waals surface area contributed by atoms with Crippen LogP contribution in [0.2, 0.25) is 0 Å². The van der Waals surface area contributed by atoms with Gasteiger partial charge in [0, 0.05) is 5.57 Å². The van der Waals surface area contributed by atoms with Gasteiger partial charge in [0.05, 0.1) is 10.4 Å². The van der Waals surface area contributed by atoms with E-state index in [0.717, 1.165) is 6.07 Å².